The lowest BCUT2D eigenvalue weighted by Crippen LogP contribution is -2.45. The van der Waals surface area contributed by atoms with E-state index in [4.69, 9.17) is 42.3 Å². The molecule has 1 saturated heterocycles. The summed E-state index contributed by atoms with van der Waals surface area (Å²) in [6, 6.07) is 9.85. The first-order valence-electron chi connectivity index (χ1n) is 11.6. The van der Waals surface area contributed by atoms with Crippen molar-refractivity contribution in [3.63, 3.8) is 0 Å². The summed E-state index contributed by atoms with van der Waals surface area (Å²) in [7, 11) is 2.97. The van der Waals surface area contributed by atoms with Crippen molar-refractivity contribution < 1.29 is 33.7 Å². The first-order chi connectivity index (χ1) is 17.5. The Morgan fingerprint density at radius 3 is 2.51 bits per heavy atom. The van der Waals surface area contributed by atoms with E-state index in [1.807, 2.05) is 0 Å². The van der Waals surface area contributed by atoms with E-state index in [0.717, 1.165) is 0 Å². The molecule has 0 radical (unpaired) electrons. The Morgan fingerprint density at radius 1 is 1.16 bits per heavy atom. The quantitative estimate of drug-likeness (QED) is 0.387. The minimum absolute atomic E-state index is 0.126. The van der Waals surface area contributed by atoms with Gasteiger partial charge in [0.2, 0.25) is 0 Å². The number of carbonyl (C=O) groups is 2. The number of benzene rings is 2. The summed E-state index contributed by atoms with van der Waals surface area (Å²) >= 11 is 12.2. The Hall–Kier alpha value is -2.76. The standard InChI is InChI=1S/C25H31Cl2N3O7/c1-25(2,24(33)29-4)37-22-10-21(19(9-20(22)27)23(32)28-3)34-13-16(31)11-30-12-18(14-35-30)36-17-7-5-15(26)6-8-17/h5-10,16,18,31H,11-14H2,1-4H3,(H,28,32)(H,29,33)/t16-,18+/m0/s1. The largest absolute Gasteiger partial charge is 0.490 e. The van der Waals surface area contributed by atoms with Crippen molar-refractivity contribution in [1.29, 1.82) is 0 Å². The number of β-amino-alcohol motifs (C(OH)–C–C–N with tert-alkyl or cyclic N) is 1. The van der Waals surface area contributed by atoms with Crippen molar-refractivity contribution in [2.75, 3.05) is 40.4 Å². The molecule has 1 aliphatic heterocycles. The maximum atomic E-state index is 12.4. The van der Waals surface area contributed by atoms with Gasteiger partial charge in [0, 0.05) is 25.2 Å². The molecule has 0 aromatic heterocycles. The molecule has 3 rings (SSSR count). The summed E-state index contributed by atoms with van der Waals surface area (Å²) < 4.78 is 17.5. The minimum atomic E-state index is -1.23. The van der Waals surface area contributed by atoms with Crippen LogP contribution in [0.5, 0.6) is 17.2 Å². The first-order valence-corrected chi connectivity index (χ1v) is 12.4. The van der Waals surface area contributed by atoms with Gasteiger partial charge in [-0.1, -0.05) is 23.2 Å². The Labute approximate surface area is 225 Å². The van der Waals surface area contributed by atoms with E-state index in [9.17, 15) is 14.7 Å². The van der Waals surface area contributed by atoms with Crippen LogP contribution in [0.2, 0.25) is 10.0 Å². The molecule has 2 atom stereocenters. The van der Waals surface area contributed by atoms with Crippen LogP contribution in [0.4, 0.5) is 0 Å². The number of aliphatic hydroxyl groups excluding tert-OH is 1. The molecule has 2 aromatic rings. The number of hydrogen-bond acceptors (Lipinski definition) is 8. The van der Waals surface area contributed by atoms with E-state index < -0.39 is 17.6 Å². The van der Waals surface area contributed by atoms with Crippen molar-refractivity contribution in [2.45, 2.75) is 31.7 Å². The fourth-order valence-corrected chi connectivity index (χ4v) is 3.89. The van der Waals surface area contributed by atoms with Gasteiger partial charge in [-0.15, -0.1) is 0 Å². The second-order valence-corrected chi connectivity index (χ2v) is 9.69. The number of amides is 2. The van der Waals surface area contributed by atoms with Gasteiger partial charge in [0.15, 0.2) is 5.60 Å². The number of ether oxygens (including phenoxy) is 3. The predicted molar refractivity (Wildman–Crippen MR) is 139 cm³/mol. The van der Waals surface area contributed by atoms with Crippen molar-refractivity contribution in [2.24, 2.45) is 0 Å². The zero-order valence-electron chi connectivity index (χ0n) is 21.0. The third-order valence-electron chi connectivity index (χ3n) is 5.46. The molecule has 2 amide bonds. The third-order valence-corrected chi connectivity index (χ3v) is 6.00. The molecule has 0 unspecified atom stereocenters. The van der Waals surface area contributed by atoms with E-state index in [1.165, 1.54) is 26.2 Å². The van der Waals surface area contributed by atoms with E-state index in [-0.39, 0.29) is 47.2 Å². The number of hydrogen-bond donors (Lipinski definition) is 3. The molecule has 1 fully saturated rings. The lowest BCUT2D eigenvalue weighted by molar-refractivity contribution is -0.133. The van der Waals surface area contributed by atoms with Gasteiger partial charge in [0.25, 0.3) is 11.8 Å². The maximum absolute atomic E-state index is 12.4. The number of carbonyl (C=O) groups excluding carboxylic acids is 2. The van der Waals surface area contributed by atoms with Crippen LogP contribution in [0.15, 0.2) is 36.4 Å². The highest BCUT2D eigenvalue weighted by Gasteiger charge is 2.31. The average molecular weight is 556 g/mol. The summed E-state index contributed by atoms with van der Waals surface area (Å²) in [4.78, 5) is 30.1. The van der Waals surface area contributed by atoms with Gasteiger partial charge in [-0.05, 0) is 44.2 Å². The second-order valence-electron chi connectivity index (χ2n) is 8.85. The van der Waals surface area contributed by atoms with Crippen LogP contribution < -0.4 is 24.8 Å². The molecule has 37 heavy (non-hydrogen) atoms. The molecule has 0 bridgehead atoms. The SMILES string of the molecule is CNC(=O)c1cc(Cl)c(OC(C)(C)C(=O)NC)cc1OC[C@@H](O)CN1C[C@@H](Oc2ccc(Cl)cc2)CO1. The van der Waals surface area contributed by atoms with Crippen molar-refractivity contribution in [3.05, 3.63) is 52.0 Å². The molecule has 202 valence electrons. The average Bonchev–Trinajstić information content (AvgIpc) is 3.30. The van der Waals surface area contributed by atoms with Crippen LogP contribution in [-0.2, 0) is 9.63 Å². The number of aliphatic hydroxyl groups is 1. The molecule has 10 nitrogen and oxygen atoms in total. The lowest BCUT2D eigenvalue weighted by atomic mass is 10.1. The Morgan fingerprint density at radius 2 is 1.86 bits per heavy atom. The number of rotatable bonds is 11. The van der Waals surface area contributed by atoms with Crippen molar-refractivity contribution in [1.82, 2.24) is 15.7 Å². The van der Waals surface area contributed by atoms with Crippen LogP contribution >= 0.6 is 23.2 Å². The number of nitrogens with zero attached hydrogens (tertiary/aromatic N) is 1. The van der Waals surface area contributed by atoms with Crippen LogP contribution in [-0.4, -0.2) is 80.2 Å². The monoisotopic (exact) mass is 555 g/mol. The number of likely N-dealkylation sites (N-methyl/N-ethyl adjacent to an activating group) is 1. The Bertz CT molecular complexity index is 1100. The van der Waals surface area contributed by atoms with Gasteiger partial charge < -0.3 is 30.0 Å². The normalized spacial score (nSPS) is 16.7. The van der Waals surface area contributed by atoms with Crippen LogP contribution in [0.1, 0.15) is 24.2 Å². The van der Waals surface area contributed by atoms with Crippen molar-refractivity contribution >= 4 is 35.0 Å². The zero-order chi connectivity index (χ0) is 27.2. The van der Waals surface area contributed by atoms with E-state index in [2.05, 4.69) is 10.6 Å². The lowest BCUT2D eigenvalue weighted by Gasteiger charge is -2.26. The van der Waals surface area contributed by atoms with Gasteiger partial charge in [-0.3, -0.25) is 14.4 Å². The maximum Gasteiger partial charge on any atom is 0.263 e. The highest BCUT2D eigenvalue weighted by Crippen LogP contribution is 2.35. The number of nitrogens with one attached hydrogen (secondary N) is 2. The molecule has 12 heteroatoms. The minimum Gasteiger partial charge on any atom is -0.490 e. The Balaban J connectivity index is 1.62. The van der Waals surface area contributed by atoms with Crippen LogP contribution in [0.25, 0.3) is 0 Å². The summed E-state index contributed by atoms with van der Waals surface area (Å²) in [5.74, 6) is 0.162. The summed E-state index contributed by atoms with van der Waals surface area (Å²) in [5, 5.41) is 18.0. The first kappa shape index (κ1) is 28.8. The van der Waals surface area contributed by atoms with Gasteiger partial charge in [0.05, 0.1) is 23.7 Å². The van der Waals surface area contributed by atoms with E-state index in [0.29, 0.717) is 23.9 Å². The molecular formula is C25H31Cl2N3O7. The molecule has 3 N–H and O–H groups in total. The predicted octanol–water partition coefficient (Wildman–Crippen LogP) is 2.69. The van der Waals surface area contributed by atoms with Gasteiger partial charge in [-0.2, -0.15) is 5.06 Å². The third kappa shape index (κ3) is 7.86. The molecule has 1 heterocycles. The second kappa shape index (κ2) is 12.7. The molecular weight excluding hydrogens is 525 g/mol. The summed E-state index contributed by atoms with van der Waals surface area (Å²) in [6.45, 7) is 3.94. The van der Waals surface area contributed by atoms with E-state index in [1.54, 1.807) is 43.2 Å². The fourth-order valence-electron chi connectivity index (χ4n) is 3.57. The Kier molecular flexibility index (Phi) is 9.86. The highest BCUT2D eigenvalue weighted by atomic mass is 35.5. The zero-order valence-corrected chi connectivity index (χ0v) is 22.6. The molecule has 0 saturated carbocycles. The molecule has 0 aliphatic carbocycles. The van der Waals surface area contributed by atoms with E-state index >= 15 is 0 Å². The van der Waals surface area contributed by atoms with Gasteiger partial charge >= 0.3 is 0 Å². The summed E-state index contributed by atoms with van der Waals surface area (Å²) in [6.07, 6.45) is -1.16. The number of halogens is 2. The topological polar surface area (TPSA) is 119 Å². The highest BCUT2D eigenvalue weighted by molar-refractivity contribution is 6.32. The van der Waals surface area contributed by atoms with Gasteiger partial charge in [0.1, 0.15) is 42.7 Å². The molecule has 2 aromatic carbocycles. The van der Waals surface area contributed by atoms with Crippen LogP contribution in [0.3, 0.4) is 0 Å². The fraction of sp³-hybridized carbons (Fsp3) is 0.440. The number of hydroxylamine groups is 2. The molecule has 0 spiro atoms. The smallest absolute Gasteiger partial charge is 0.263 e. The summed E-state index contributed by atoms with van der Waals surface area (Å²) in [5.41, 5.74) is -1.08. The van der Waals surface area contributed by atoms with Crippen LogP contribution in [0, 0.1) is 0 Å². The van der Waals surface area contributed by atoms with Gasteiger partial charge in [-0.25, -0.2) is 0 Å². The van der Waals surface area contributed by atoms with Crippen molar-refractivity contribution in [3.8, 4) is 17.2 Å². The molecule has 1 aliphatic rings.